The van der Waals surface area contributed by atoms with Crippen LogP contribution in [-0.4, -0.2) is 15.9 Å². The maximum atomic E-state index is 11.9. The summed E-state index contributed by atoms with van der Waals surface area (Å²) in [5.74, 6) is 0.00161. The molecule has 0 spiro atoms. The zero-order valence-electron chi connectivity index (χ0n) is 10.7. The van der Waals surface area contributed by atoms with Gasteiger partial charge in [-0.15, -0.1) is 11.3 Å². The summed E-state index contributed by atoms with van der Waals surface area (Å²) < 4.78 is 0. The number of benzene rings is 1. The highest BCUT2D eigenvalue weighted by Crippen LogP contribution is 2.19. The smallest absolute Gasteiger partial charge is 0.229 e. The number of nitrogens with zero attached hydrogens (tertiary/aromatic N) is 1. The minimum Gasteiger partial charge on any atom is -0.345 e. The summed E-state index contributed by atoms with van der Waals surface area (Å²) in [4.78, 5) is 20.0. The van der Waals surface area contributed by atoms with Crippen molar-refractivity contribution in [1.29, 1.82) is 0 Å². The van der Waals surface area contributed by atoms with Gasteiger partial charge in [-0.1, -0.05) is 18.2 Å². The number of nitrogens with one attached hydrogen (secondary N) is 2. The van der Waals surface area contributed by atoms with Gasteiger partial charge >= 0.3 is 0 Å². The number of thiophene rings is 1. The Morgan fingerprint density at radius 1 is 1.25 bits per heavy atom. The first-order valence-corrected chi connectivity index (χ1v) is 7.10. The number of imidazole rings is 1. The van der Waals surface area contributed by atoms with Gasteiger partial charge in [0, 0.05) is 10.6 Å². The van der Waals surface area contributed by atoms with Crippen LogP contribution in [0.1, 0.15) is 4.88 Å². The molecule has 0 aliphatic carbocycles. The van der Waals surface area contributed by atoms with Crippen molar-refractivity contribution >= 4 is 22.9 Å². The molecular formula is C15H13N3OS. The second-order valence-electron chi connectivity index (χ2n) is 4.35. The van der Waals surface area contributed by atoms with Crippen LogP contribution in [0.5, 0.6) is 0 Å². The Morgan fingerprint density at radius 2 is 2.10 bits per heavy atom. The zero-order valence-corrected chi connectivity index (χ0v) is 11.5. The maximum absolute atomic E-state index is 11.9. The average Bonchev–Trinajstić information content (AvgIpc) is 3.12. The van der Waals surface area contributed by atoms with Gasteiger partial charge in [0.15, 0.2) is 0 Å². The van der Waals surface area contributed by atoms with E-state index in [0.29, 0.717) is 6.42 Å². The van der Waals surface area contributed by atoms with Crippen LogP contribution in [0.3, 0.4) is 0 Å². The Hall–Kier alpha value is -2.40. The van der Waals surface area contributed by atoms with Crippen LogP contribution >= 0.6 is 11.3 Å². The lowest BCUT2D eigenvalue weighted by Gasteiger charge is -2.05. The standard InChI is InChI=1S/C15H13N3OS/c19-15(8-13-2-1-7-20-13)18-12-5-3-11(4-6-12)14-9-16-10-17-14/h1-7,9-10H,8H2,(H,16,17)(H,18,19). The summed E-state index contributed by atoms with van der Waals surface area (Å²) in [5, 5.41) is 4.87. The van der Waals surface area contributed by atoms with E-state index in [4.69, 9.17) is 0 Å². The minimum absolute atomic E-state index is 0.00161. The van der Waals surface area contributed by atoms with Gasteiger partial charge in [0.2, 0.25) is 5.91 Å². The van der Waals surface area contributed by atoms with Crippen LogP contribution in [0.4, 0.5) is 5.69 Å². The van der Waals surface area contributed by atoms with Crippen LogP contribution in [0.2, 0.25) is 0 Å². The molecule has 2 aromatic heterocycles. The average molecular weight is 283 g/mol. The summed E-state index contributed by atoms with van der Waals surface area (Å²) in [6.45, 7) is 0. The first-order chi connectivity index (χ1) is 9.81. The third-order valence-corrected chi connectivity index (χ3v) is 3.77. The number of hydrogen-bond acceptors (Lipinski definition) is 3. The van der Waals surface area contributed by atoms with Crippen molar-refractivity contribution in [3.05, 3.63) is 59.2 Å². The SMILES string of the molecule is O=C(Cc1cccs1)Nc1ccc(-c2cnc[nH]2)cc1. The van der Waals surface area contributed by atoms with Gasteiger partial charge in [-0.2, -0.15) is 0 Å². The summed E-state index contributed by atoms with van der Waals surface area (Å²) >= 11 is 1.59. The number of anilines is 1. The molecule has 1 aromatic carbocycles. The highest BCUT2D eigenvalue weighted by molar-refractivity contribution is 7.10. The highest BCUT2D eigenvalue weighted by Gasteiger charge is 2.05. The van der Waals surface area contributed by atoms with Gasteiger partial charge in [-0.05, 0) is 29.1 Å². The molecule has 1 amide bonds. The predicted molar refractivity (Wildman–Crippen MR) is 80.7 cm³/mol. The molecule has 4 nitrogen and oxygen atoms in total. The number of H-pyrrole nitrogens is 1. The molecular weight excluding hydrogens is 270 g/mol. The van der Waals surface area contributed by atoms with Crippen molar-refractivity contribution in [2.24, 2.45) is 0 Å². The predicted octanol–water partition coefficient (Wildman–Crippen LogP) is 3.32. The molecule has 0 fully saturated rings. The van der Waals surface area contributed by atoms with Crippen LogP contribution in [0.15, 0.2) is 54.3 Å². The van der Waals surface area contributed by atoms with Gasteiger partial charge in [-0.25, -0.2) is 4.98 Å². The Kier molecular flexibility index (Phi) is 3.60. The molecule has 0 atom stereocenters. The maximum Gasteiger partial charge on any atom is 0.229 e. The third-order valence-electron chi connectivity index (χ3n) is 2.89. The van der Waals surface area contributed by atoms with Gasteiger partial charge in [0.05, 0.1) is 24.6 Å². The first kappa shape index (κ1) is 12.6. The van der Waals surface area contributed by atoms with E-state index >= 15 is 0 Å². The Labute approximate surface area is 120 Å². The fourth-order valence-electron chi connectivity index (χ4n) is 1.92. The molecule has 0 saturated carbocycles. The summed E-state index contributed by atoms with van der Waals surface area (Å²) in [6.07, 6.45) is 3.83. The van der Waals surface area contributed by atoms with Crippen molar-refractivity contribution in [3.63, 3.8) is 0 Å². The van der Waals surface area contributed by atoms with E-state index in [0.717, 1.165) is 21.8 Å². The summed E-state index contributed by atoms with van der Waals surface area (Å²) in [5.41, 5.74) is 2.80. The minimum atomic E-state index is 0.00161. The normalized spacial score (nSPS) is 10.4. The molecule has 5 heteroatoms. The number of hydrogen-bond donors (Lipinski definition) is 2. The van der Waals surface area contributed by atoms with E-state index < -0.39 is 0 Å². The Bertz CT molecular complexity index is 673. The molecule has 0 saturated heterocycles. The number of aromatic amines is 1. The second kappa shape index (κ2) is 5.71. The quantitative estimate of drug-likeness (QED) is 0.771. The van der Waals surface area contributed by atoms with Crippen LogP contribution < -0.4 is 5.32 Å². The number of carbonyl (C=O) groups is 1. The van der Waals surface area contributed by atoms with E-state index in [9.17, 15) is 4.79 Å². The largest absolute Gasteiger partial charge is 0.345 e. The molecule has 0 aliphatic heterocycles. The Balaban J connectivity index is 1.65. The van der Waals surface area contributed by atoms with Crippen molar-refractivity contribution in [1.82, 2.24) is 9.97 Å². The molecule has 3 rings (SSSR count). The molecule has 0 radical (unpaired) electrons. The number of rotatable bonds is 4. The van der Waals surface area contributed by atoms with Crippen molar-refractivity contribution in [2.75, 3.05) is 5.32 Å². The van der Waals surface area contributed by atoms with Crippen LogP contribution in [-0.2, 0) is 11.2 Å². The first-order valence-electron chi connectivity index (χ1n) is 6.22. The number of carbonyl (C=O) groups excluding carboxylic acids is 1. The van der Waals surface area contributed by atoms with E-state index in [2.05, 4.69) is 15.3 Å². The lowest BCUT2D eigenvalue weighted by Crippen LogP contribution is -2.13. The molecule has 2 N–H and O–H groups in total. The molecule has 20 heavy (non-hydrogen) atoms. The van der Waals surface area contributed by atoms with Gasteiger partial charge in [0.25, 0.3) is 0 Å². The fourth-order valence-corrected chi connectivity index (χ4v) is 2.63. The molecule has 0 bridgehead atoms. The van der Waals surface area contributed by atoms with Crippen molar-refractivity contribution < 1.29 is 4.79 Å². The number of amides is 1. The molecule has 3 aromatic rings. The topological polar surface area (TPSA) is 57.8 Å². The highest BCUT2D eigenvalue weighted by atomic mass is 32.1. The third kappa shape index (κ3) is 2.95. The number of aromatic nitrogens is 2. The molecule has 0 aliphatic rings. The van der Waals surface area contributed by atoms with E-state index in [1.165, 1.54) is 0 Å². The van der Waals surface area contributed by atoms with Gasteiger partial charge in [-0.3, -0.25) is 4.79 Å². The van der Waals surface area contributed by atoms with E-state index in [-0.39, 0.29) is 5.91 Å². The summed E-state index contributed by atoms with van der Waals surface area (Å²) in [7, 11) is 0. The Morgan fingerprint density at radius 3 is 2.75 bits per heavy atom. The van der Waals surface area contributed by atoms with Crippen LogP contribution in [0.25, 0.3) is 11.3 Å². The monoisotopic (exact) mass is 283 g/mol. The van der Waals surface area contributed by atoms with E-state index in [1.807, 2.05) is 41.8 Å². The zero-order chi connectivity index (χ0) is 13.8. The van der Waals surface area contributed by atoms with Crippen molar-refractivity contribution in [3.8, 4) is 11.3 Å². The van der Waals surface area contributed by atoms with Crippen molar-refractivity contribution in [2.45, 2.75) is 6.42 Å². The molecule has 2 heterocycles. The lowest BCUT2D eigenvalue weighted by molar-refractivity contribution is -0.115. The lowest BCUT2D eigenvalue weighted by atomic mass is 10.1. The van der Waals surface area contributed by atoms with Gasteiger partial charge < -0.3 is 10.3 Å². The van der Waals surface area contributed by atoms with Crippen LogP contribution in [0, 0.1) is 0 Å². The summed E-state index contributed by atoms with van der Waals surface area (Å²) in [6, 6.07) is 11.6. The van der Waals surface area contributed by atoms with Gasteiger partial charge in [0.1, 0.15) is 0 Å². The fraction of sp³-hybridized carbons (Fsp3) is 0.0667. The molecule has 100 valence electrons. The van der Waals surface area contributed by atoms with E-state index in [1.54, 1.807) is 23.9 Å². The molecule has 0 unspecified atom stereocenters. The second-order valence-corrected chi connectivity index (χ2v) is 5.38.